The van der Waals surface area contributed by atoms with Crippen LogP contribution in [-0.2, 0) is 0 Å². The summed E-state index contributed by atoms with van der Waals surface area (Å²) in [5, 5.41) is 11.1. The van der Waals surface area contributed by atoms with E-state index in [1.54, 1.807) is 11.0 Å². The number of amides is 1. The first-order chi connectivity index (χ1) is 9.41. The number of para-hydroxylation sites is 1. The number of hydrogen-bond donors (Lipinski definition) is 1. The van der Waals surface area contributed by atoms with Crippen molar-refractivity contribution in [2.24, 2.45) is 0 Å². The van der Waals surface area contributed by atoms with Crippen LogP contribution >= 0.6 is 0 Å². The fraction of sp³-hybridized carbons (Fsp3) is 0.462. The normalized spacial score (nSPS) is 19.9. The summed E-state index contributed by atoms with van der Waals surface area (Å²) in [5.74, 6) is -0.329. The summed E-state index contributed by atoms with van der Waals surface area (Å²) in [6.07, 6.45) is 0. The number of nitro groups is 1. The Morgan fingerprint density at radius 2 is 2.15 bits per heavy atom. The Hall–Kier alpha value is -2.15. The maximum atomic E-state index is 12.5. The second kappa shape index (κ2) is 5.46. The number of rotatable bonds is 2. The van der Waals surface area contributed by atoms with Gasteiger partial charge in [0.15, 0.2) is 0 Å². The molecule has 108 valence electrons. The van der Waals surface area contributed by atoms with E-state index in [0.29, 0.717) is 6.54 Å². The highest BCUT2D eigenvalue weighted by atomic mass is 16.6. The molecular weight excluding hydrogens is 260 g/mol. The molecule has 2 N–H and O–H groups in total. The zero-order valence-corrected chi connectivity index (χ0v) is 11.6. The summed E-state index contributed by atoms with van der Waals surface area (Å²) >= 11 is 0. The van der Waals surface area contributed by atoms with Gasteiger partial charge in [0.25, 0.3) is 5.91 Å². The standard InChI is InChI=1S/C13H18N4O3/c1-9-8-15(2)6-7-16(9)13(18)10-4-3-5-11(14)12(10)17(19)20/h3-5,9H,6-8,14H2,1-2H3. The van der Waals surface area contributed by atoms with E-state index in [1.807, 2.05) is 14.0 Å². The SMILES string of the molecule is CC1CN(C)CCN1C(=O)c1cccc(N)c1[N+](=O)[O-]. The molecule has 1 aliphatic rings. The van der Waals surface area contributed by atoms with E-state index in [9.17, 15) is 14.9 Å². The number of carbonyl (C=O) groups excluding carboxylic acids is 1. The molecule has 0 saturated carbocycles. The van der Waals surface area contributed by atoms with Crippen molar-refractivity contribution in [1.29, 1.82) is 0 Å². The van der Waals surface area contributed by atoms with Gasteiger partial charge < -0.3 is 15.5 Å². The molecule has 1 heterocycles. The molecule has 2 rings (SSSR count). The molecule has 0 radical (unpaired) electrons. The maximum absolute atomic E-state index is 12.5. The van der Waals surface area contributed by atoms with Crippen molar-refractivity contribution in [3.63, 3.8) is 0 Å². The molecule has 1 aromatic rings. The van der Waals surface area contributed by atoms with E-state index in [1.165, 1.54) is 12.1 Å². The average Bonchev–Trinajstić information content (AvgIpc) is 2.37. The first kappa shape index (κ1) is 14.3. The summed E-state index contributed by atoms with van der Waals surface area (Å²) in [7, 11) is 1.99. The third-order valence-electron chi connectivity index (χ3n) is 3.57. The van der Waals surface area contributed by atoms with Crippen LogP contribution in [-0.4, -0.2) is 53.4 Å². The van der Waals surface area contributed by atoms with E-state index in [4.69, 9.17) is 5.73 Å². The van der Waals surface area contributed by atoms with E-state index in [2.05, 4.69) is 4.90 Å². The fourth-order valence-electron chi connectivity index (χ4n) is 2.53. The third kappa shape index (κ3) is 2.57. The van der Waals surface area contributed by atoms with Crippen LogP contribution in [0.3, 0.4) is 0 Å². The molecule has 7 nitrogen and oxygen atoms in total. The number of nitrogens with zero attached hydrogens (tertiary/aromatic N) is 3. The van der Waals surface area contributed by atoms with E-state index in [0.717, 1.165) is 13.1 Å². The first-order valence-corrected chi connectivity index (χ1v) is 6.44. The maximum Gasteiger partial charge on any atom is 0.304 e. The van der Waals surface area contributed by atoms with Crippen molar-refractivity contribution in [3.05, 3.63) is 33.9 Å². The average molecular weight is 278 g/mol. The molecular formula is C13H18N4O3. The van der Waals surface area contributed by atoms with Gasteiger partial charge >= 0.3 is 5.69 Å². The van der Waals surface area contributed by atoms with Crippen LogP contribution in [0.4, 0.5) is 11.4 Å². The Labute approximate surface area is 117 Å². The molecule has 20 heavy (non-hydrogen) atoms. The summed E-state index contributed by atoms with van der Waals surface area (Å²) < 4.78 is 0. The minimum absolute atomic E-state index is 0.0160. The first-order valence-electron chi connectivity index (χ1n) is 6.44. The molecule has 1 fully saturated rings. The number of hydrogen-bond acceptors (Lipinski definition) is 5. The number of anilines is 1. The van der Waals surface area contributed by atoms with Gasteiger partial charge in [0, 0.05) is 25.7 Å². The molecule has 0 bridgehead atoms. The molecule has 0 aromatic heterocycles. The summed E-state index contributed by atoms with van der Waals surface area (Å²) in [6, 6.07) is 4.47. The van der Waals surface area contributed by atoms with Crippen molar-refractivity contribution < 1.29 is 9.72 Å². The number of likely N-dealkylation sites (N-methyl/N-ethyl adjacent to an activating group) is 1. The zero-order chi connectivity index (χ0) is 14.9. The molecule has 7 heteroatoms. The Balaban J connectivity index is 2.34. The van der Waals surface area contributed by atoms with Crippen LogP contribution in [0.5, 0.6) is 0 Å². The quantitative estimate of drug-likeness (QED) is 0.494. The number of nitrogen functional groups attached to an aromatic ring is 1. The number of carbonyl (C=O) groups is 1. The van der Waals surface area contributed by atoms with Gasteiger partial charge in [-0.15, -0.1) is 0 Å². The zero-order valence-electron chi connectivity index (χ0n) is 11.6. The molecule has 1 atom stereocenters. The summed E-state index contributed by atoms with van der Waals surface area (Å²) in [5.41, 5.74) is 5.40. The number of nitrogens with two attached hydrogens (primary N) is 1. The van der Waals surface area contributed by atoms with Gasteiger partial charge in [-0.25, -0.2) is 0 Å². The Morgan fingerprint density at radius 3 is 2.75 bits per heavy atom. The van der Waals surface area contributed by atoms with Crippen molar-refractivity contribution in [3.8, 4) is 0 Å². The lowest BCUT2D eigenvalue weighted by atomic mass is 10.1. The van der Waals surface area contributed by atoms with E-state index < -0.39 is 4.92 Å². The summed E-state index contributed by atoms with van der Waals surface area (Å²) in [6.45, 7) is 4.00. The van der Waals surface area contributed by atoms with Gasteiger partial charge in [-0.1, -0.05) is 6.07 Å². The lowest BCUT2D eigenvalue weighted by molar-refractivity contribution is -0.384. The monoisotopic (exact) mass is 278 g/mol. The smallest absolute Gasteiger partial charge is 0.304 e. The van der Waals surface area contributed by atoms with Gasteiger partial charge in [0.1, 0.15) is 11.3 Å². The Bertz CT molecular complexity index is 546. The molecule has 0 spiro atoms. The van der Waals surface area contributed by atoms with Crippen LogP contribution in [0.15, 0.2) is 18.2 Å². The number of piperazine rings is 1. The Morgan fingerprint density at radius 1 is 1.45 bits per heavy atom. The molecule has 0 aliphatic carbocycles. The lowest BCUT2D eigenvalue weighted by Gasteiger charge is -2.38. The minimum Gasteiger partial charge on any atom is -0.393 e. The van der Waals surface area contributed by atoms with Crippen LogP contribution < -0.4 is 5.73 Å². The predicted molar refractivity (Wildman–Crippen MR) is 75.5 cm³/mol. The number of benzene rings is 1. The highest BCUT2D eigenvalue weighted by molar-refractivity contribution is 6.00. The topological polar surface area (TPSA) is 92.7 Å². The van der Waals surface area contributed by atoms with Crippen LogP contribution in [0.2, 0.25) is 0 Å². The van der Waals surface area contributed by atoms with Crippen molar-refractivity contribution in [1.82, 2.24) is 9.80 Å². The Kier molecular flexibility index (Phi) is 3.89. The van der Waals surface area contributed by atoms with Crippen molar-refractivity contribution >= 4 is 17.3 Å². The van der Waals surface area contributed by atoms with Gasteiger partial charge in [0.2, 0.25) is 0 Å². The van der Waals surface area contributed by atoms with Crippen LogP contribution in [0.25, 0.3) is 0 Å². The van der Waals surface area contributed by atoms with Gasteiger partial charge in [-0.3, -0.25) is 14.9 Å². The van der Waals surface area contributed by atoms with Crippen LogP contribution in [0, 0.1) is 10.1 Å². The second-order valence-electron chi connectivity index (χ2n) is 5.11. The fourth-order valence-corrected chi connectivity index (χ4v) is 2.53. The lowest BCUT2D eigenvalue weighted by Crippen LogP contribution is -2.52. The van der Waals surface area contributed by atoms with E-state index in [-0.39, 0.29) is 28.9 Å². The van der Waals surface area contributed by atoms with Crippen molar-refractivity contribution in [2.45, 2.75) is 13.0 Å². The third-order valence-corrected chi connectivity index (χ3v) is 3.57. The molecule has 1 unspecified atom stereocenters. The van der Waals surface area contributed by atoms with Gasteiger partial charge in [-0.2, -0.15) is 0 Å². The summed E-state index contributed by atoms with van der Waals surface area (Å²) in [4.78, 5) is 26.9. The second-order valence-corrected chi connectivity index (χ2v) is 5.11. The molecule has 1 aromatic carbocycles. The molecule has 1 aliphatic heterocycles. The molecule has 1 amide bonds. The van der Waals surface area contributed by atoms with Crippen molar-refractivity contribution in [2.75, 3.05) is 32.4 Å². The highest BCUT2D eigenvalue weighted by Crippen LogP contribution is 2.28. The van der Waals surface area contributed by atoms with Crippen LogP contribution in [0.1, 0.15) is 17.3 Å². The highest BCUT2D eigenvalue weighted by Gasteiger charge is 2.31. The predicted octanol–water partition coefficient (Wildman–Crippen LogP) is 0.953. The van der Waals surface area contributed by atoms with Gasteiger partial charge in [0.05, 0.1) is 4.92 Å². The molecule has 1 saturated heterocycles. The number of nitro benzene ring substituents is 1. The van der Waals surface area contributed by atoms with E-state index >= 15 is 0 Å². The minimum atomic E-state index is -0.594. The largest absolute Gasteiger partial charge is 0.393 e. The van der Waals surface area contributed by atoms with Gasteiger partial charge in [-0.05, 0) is 26.1 Å².